The zero-order valence-corrected chi connectivity index (χ0v) is 22.4. The van der Waals surface area contributed by atoms with Crippen LogP contribution in [0.4, 0.5) is 0 Å². The van der Waals surface area contributed by atoms with Crippen LogP contribution in [0.2, 0.25) is 0 Å². The van der Waals surface area contributed by atoms with Crippen LogP contribution in [-0.2, 0) is 0 Å². The van der Waals surface area contributed by atoms with E-state index in [-0.39, 0.29) is 0 Å². The molecule has 0 N–H and O–H groups in total. The second kappa shape index (κ2) is 12.4. The van der Waals surface area contributed by atoms with Crippen LogP contribution in [0.1, 0.15) is 22.3 Å². The van der Waals surface area contributed by atoms with Crippen molar-refractivity contribution in [2.45, 2.75) is 0 Å². The van der Waals surface area contributed by atoms with Crippen LogP contribution in [-0.4, -0.2) is 0 Å². The molecular weight excluding hydrogens is 496 g/mol. The van der Waals surface area contributed by atoms with Crippen LogP contribution in [0.3, 0.4) is 0 Å². The van der Waals surface area contributed by atoms with Gasteiger partial charge in [0.1, 0.15) is 11.5 Å². The summed E-state index contributed by atoms with van der Waals surface area (Å²) < 4.78 is 6.11. The standard InChI is InChI=1S/C40H26O/c1-3-7-31(8-4-1)11-13-33-15-19-35(20-16-33)37-23-27-39(28-24-37)41-40-29-25-38(26-30-40)36-21-17-34(18-22-36)14-12-32-9-5-2-6-10-32/h1-10,15-30H. The molecular formula is C40H26O. The van der Waals surface area contributed by atoms with Crippen molar-refractivity contribution >= 4 is 0 Å². The molecule has 1 heteroatoms. The van der Waals surface area contributed by atoms with E-state index >= 15 is 0 Å². The molecule has 1 nitrogen and oxygen atoms in total. The van der Waals surface area contributed by atoms with E-state index in [2.05, 4.69) is 96.5 Å². The van der Waals surface area contributed by atoms with Gasteiger partial charge in [-0.25, -0.2) is 0 Å². The van der Waals surface area contributed by atoms with Crippen LogP contribution in [0.15, 0.2) is 158 Å². The fourth-order valence-corrected chi connectivity index (χ4v) is 4.39. The van der Waals surface area contributed by atoms with Crippen molar-refractivity contribution in [3.8, 4) is 57.4 Å². The van der Waals surface area contributed by atoms with Gasteiger partial charge in [0.2, 0.25) is 0 Å². The second-order valence-corrected chi connectivity index (χ2v) is 9.54. The Morgan fingerprint density at radius 1 is 0.268 bits per heavy atom. The average Bonchev–Trinajstić information content (AvgIpc) is 3.05. The Kier molecular flexibility index (Phi) is 7.72. The third kappa shape index (κ3) is 6.82. The maximum Gasteiger partial charge on any atom is 0.127 e. The van der Waals surface area contributed by atoms with Gasteiger partial charge in [0.25, 0.3) is 0 Å². The lowest BCUT2D eigenvalue weighted by Gasteiger charge is -2.09. The summed E-state index contributed by atoms with van der Waals surface area (Å²) in [4.78, 5) is 0. The third-order valence-corrected chi connectivity index (χ3v) is 6.63. The molecule has 0 radical (unpaired) electrons. The molecule has 6 rings (SSSR count). The van der Waals surface area contributed by atoms with Crippen LogP contribution in [0.5, 0.6) is 11.5 Å². The highest BCUT2D eigenvalue weighted by Crippen LogP contribution is 2.28. The van der Waals surface area contributed by atoms with Gasteiger partial charge in [0, 0.05) is 22.3 Å². The van der Waals surface area contributed by atoms with Crippen molar-refractivity contribution in [1.82, 2.24) is 0 Å². The van der Waals surface area contributed by atoms with E-state index in [1.165, 1.54) is 0 Å². The lowest BCUT2D eigenvalue weighted by molar-refractivity contribution is 0.483. The van der Waals surface area contributed by atoms with Crippen molar-refractivity contribution in [3.63, 3.8) is 0 Å². The summed E-state index contributed by atoms with van der Waals surface area (Å²) in [6, 6.07) is 53.0. The Bertz CT molecular complexity index is 1700. The van der Waals surface area contributed by atoms with Gasteiger partial charge in [-0.3, -0.25) is 0 Å². The highest BCUT2D eigenvalue weighted by atomic mass is 16.5. The van der Waals surface area contributed by atoms with Gasteiger partial charge >= 0.3 is 0 Å². The first-order chi connectivity index (χ1) is 20.3. The maximum atomic E-state index is 6.11. The minimum Gasteiger partial charge on any atom is -0.457 e. The molecule has 0 aromatic heterocycles. The molecule has 6 aromatic rings. The van der Waals surface area contributed by atoms with Crippen LogP contribution >= 0.6 is 0 Å². The zero-order valence-electron chi connectivity index (χ0n) is 22.4. The molecule has 0 aliphatic carbocycles. The SMILES string of the molecule is C(#Cc1ccc(-c2ccc(Oc3ccc(-c4ccc(C#Cc5ccccc5)cc4)cc3)cc2)cc1)c1ccccc1. The van der Waals surface area contributed by atoms with Crippen LogP contribution in [0.25, 0.3) is 22.3 Å². The lowest BCUT2D eigenvalue weighted by Crippen LogP contribution is -1.86. The molecule has 0 saturated carbocycles. The molecule has 0 aliphatic heterocycles. The predicted molar refractivity (Wildman–Crippen MR) is 169 cm³/mol. The summed E-state index contributed by atoms with van der Waals surface area (Å²) in [6.45, 7) is 0. The molecule has 0 fully saturated rings. The fourth-order valence-electron chi connectivity index (χ4n) is 4.39. The first-order valence-corrected chi connectivity index (χ1v) is 13.5. The number of ether oxygens (including phenoxy) is 1. The molecule has 41 heavy (non-hydrogen) atoms. The quantitative estimate of drug-likeness (QED) is 0.209. The topological polar surface area (TPSA) is 9.23 Å². The fraction of sp³-hybridized carbons (Fsp3) is 0. The lowest BCUT2D eigenvalue weighted by atomic mass is 10.0. The first kappa shape index (κ1) is 25.5. The van der Waals surface area contributed by atoms with E-state index in [1.807, 2.05) is 84.9 Å². The highest BCUT2D eigenvalue weighted by Gasteiger charge is 2.03. The Morgan fingerprint density at radius 3 is 0.854 bits per heavy atom. The van der Waals surface area contributed by atoms with Gasteiger partial charge in [-0.15, -0.1) is 0 Å². The Hall–Kier alpha value is -5.76. The molecule has 0 aliphatic rings. The van der Waals surface area contributed by atoms with Crippen molar-refractivity contribution in [3.05, 3.63) is 180 Å². The molecule has 192 valence electrons. The molecule has 0 atom stereocenters. The van der Waals surface area contributed by atoms with Gasteiger partial charge in [-0.2, -0.15) is 0 Å². The number of rotatable bonds is 4. The monoisotopic (exact) mass is 522 g/mol. The summed E-state index contributed by atoms with van der Waals surface area (Å²) in [6.07, 6.45) is 0. The first-order valence-electron chi connectivity index (χ1n) is 13.5. The highest BCUT2D eigenvalue weighted by molar-refractivity contribution is 5.67. The van der Waals surface area contributed by atoms with E-state index in [0.717, 1.165) is 56.0 Å². The van der Waals surface area contributed by atoms with Crippen molar-refractivity contribution in [2.24, 2.45) is 0 Å². The normalized spacial score (nSPS) is 10.0. The largest absolute Gasteiger partial charge is 0.457 e. The summed E-state index contributed by atoms with van der Waals surface area (Å²) in [5, 5.41) is 0. The van der Waals surface area contributed by atoms with E-state index in [0.29, 0.717) is 0 Å². The molecule has 0 bridgehead atoms. The number of hydrogen-bond donors (Lipinski definition) is 0. The summed E-state index contributed by atoms with van der Waals surface area (Å²) in [7, 11) is 0. The molecule has 0 spiro atoms. The molecule has 0 heterocycles. The van der Waals surface area contributed by atoms with Crippen molar-refractivity contribution in [2.75, 3.05) is 0 Å². The van der Waals surface area contributed by atoms with E-state index < -0.39 is 0 Å². The van der Waals surface area contributed by atoms with Gasteiger partial charge in [0.15, 0.2) is 0 Å². The van der Waals surface area contributed by atoms with Crippen LogP contribution < -0.4 is 4.74 Å². The average molecular weight is 523 g/mol. The van der Waals surface area contributed by atoms with Gasteiger partial charge in [-0.1, -0.05) is 109 Å². The molecule has 0 saturated heterocycles. The van der Waals surface area contributed by atoms with Crippen molar-refractivity contribution in [1.29, 1.82) is 0 Å². The van der Waals surface area contributed by atoms with Crippen LogP contribution in [0, 0.1) is 23.7 Å². The maximum absolute atomic E-state index is 6.11. The zero-order chi connectivity index (χ0) is 27.7. The second-order valence-electron chi connectivity index (χ2n) is 9.54. The Morgan fingerprint density at radius 2 is 0.537 bits per heavy atom. The molecule has 6 aromatic carbocycles. The molecule has 0 amide bonds. The number of benzene rings is 6. The Balaban J connectivity index is 1.07. The number of hydrogen-bond acceptors (Lipinski definition) is 1. The molecule has 0 unspecified atom stereocenters. The van der Waals surface area contributed by atoms with Gasteiger partial charge in [-0.05, 0) is 95.1 Å². The summed E-state index contributed by atoms with van der Waals surface area (Å²) >= 11 is 0. The summed E-state index contributed by atoms with van der Waals surface area (Å²) in [5.74, 6) is 14.5. The smallest absolute Gasteiger partial charge is 0.127 e. The van der Waals surface area contributed by atoms with Crippen molar-refractivity contribution < 1.29 is 4.74 Å². The van der Waals surface area contributed by atoms with E-state index in [4.69, 9.17) is 4.74 Å². The van der Waals surface area contributed by atoms with E-state index in [9.17, 15) is 0 Å². The minimum absolute atomic E-state index is 0.799. The third-order valence-electron chi connectivity index (χ3n) is 6.63. The predicted octanol–water partition coefficient (Wildman–Crippen LogP) is 9.61. The minimum atomic E-state index is 0.799. The Labute approximate surface area is 241 Å². The van der Waals surface area contributed by atoms with Gasteiger partial charge < -0.3 is 4.74 Å². The van der Waals surface area contributed by atoms with Gasteiger partial charge in [0.05, 0.1) is 0 Å². The van der Waals surface area contributed by atoms with E-state index in [1.54, 1.807) is 0 Å². The summed E-state index contributed by atoms with van der Waals surface area (Å²) in [5.41, 5.74) is 8.56.